The van der Waals surface area contributed by atoms with Gasteiger partial charge in [-0.15, -0.1) is 0 Å². The Hall–Kier alpha value is -3.35. The van der Waals surface area contributed by atoms with Crippen molar-refractivity contribution in [2.75, 3.05) is 13.2 Å². The third-order valence-electron chi connectivity index (χ3n) is 5.67. The van der Waals surface area contributed by atoms with E-state index in [1.807, 2.05) is 31.2 Å². The molecule has 0 aromatic heterocycles. The molecule has 2 aromatic carbocycles. The zero-order chi connectivity index (χ0) is 23.1. The summed E-state index contributed by atoms with van der Waals surface area (Å²) in [4.78, 5) is 34.9. The van der Waals surface area contributed by atoms with Gasteiger partial charge in [-0.1, -0.05) is 55.5 Å². The van der Waals surface area contributed by atoms with Crippen molar-refractivity contribution in [2.45, 2.75) is 45.1 Å². The Balaban J connectivity index is 1.41. The summed E-state index contributed by atoms with van der Waals surface area (Å²) in [5.74, 6) is -1.07. The number of carbonyl (C=O) groups excluding carboxylic acids is 2. The normalized spacial score (nSPS) is 14.1. The van der Waals surface area contributed by atoms with Crippen LogP contribution in [0.1, 0.15) is 50.2 Å². The molecule has 1 aliphatic rings. The van der Waals surface area contributed by atoms with Gasteiger partial charge in [0.25, 0.3) is 0 Å². The quantitative estimate of drug-likeness (QED) is 0.521. The Kier molecular flexibility index (Phi) is 7.87. The zero-order valence-electron chi connectivity index (χ0n) is 18.5. The molecule has 0 saturated heterocycles. The van der Waals surface area contributed by atoms with E-state index in [9.17, 15) is 14.4 Å². The second-order valence-corrected chi connectivity index (χ2v) is 8.42. The van der Waals surface area contributed by atoms with Crippen molar-refractivity contribution in [1.82, 2.24) is 10.6 Å². The number of carbonyl (C=O) groups is 3. The first kappa shape index (κ1) is 23.3. The van der Waals surface area contributed by atoms with Gasteiger partial charge in [0.2, 0.25) is 5.91 Å². The van der Waals surface area contributed by atoms with E-state index in [2.05, 4.69) is 34.9 Å². The van der Waals surface area contributed by atoms with Crippen LogP contribution < -0.4 is 10.6 Å². The van der Waals surface area contributed by atoms with Crippen molar-refractivity contribution in [1.29, 1.82) is 0 Å². The molecule has 1 aliphatic carbocycles. The Bertz CT molecular complexity index is 929. The van der Waals surface area contributed by atoms with E-state index in [1.165, 1.54) is 22.3 Å². The minimum absolute atomic E-state index is 0.0172. The molecule has 0 radical (unpaired) electrons. The van der Waals surface area contributed by atoms with Crippen LogP contribution in [0.15, 0.2) is 48.5 Å². The van der Waals surface area contributed by atoms with E-state index in [0.29, 0.717) is 13.0 Å². The average molecular weight is 439 g/mol. The number of aliphatic carboxylic acids is 1. The summed E-state index contributed by atoms with van der Waals surface area (Å²) in [7, 11) is 0. The van der Waals surface area contributed by atoms with E-state index in [4.69, 9.17) is 9.84 Å². The van der Waals surface area contributed by atoms with Gasteiger partial charge in [-0.05, 0) is 41.5 Å². The summed E-state index contributed by atoms with van der Waals surface area (Å²) in [5.41, 5.74) is 4.69. The number of alkyl carbamates (subject to hydrolysis) is 1. The summed E-state index contributed by atoms with van der Waals surface area (Å²) < 4.78 is 5.51. The van der Waals surface area contributed by atoms with Crippen molar-refractivity contribution in [3.05, 3.63) is 59.7 Å². The third-order valence-corrected chi connectivity index (χ3v) is 5.67. The first-order valence-corrected chi connectivity index (χ1v) is 10.9. The maximum Gasteiger partial charge on any atom is 0.407 e. The molecule has 7 nitrogen and oxygen atoms in total. The number of carboxylic acid groups (broad SMARTS) is 1. The minimum atomic E-state index is -0.946. The van der Waals surface area contributed by atoms with Crippen LogP contribution in [0.2, 0.25) is 0 Å². The van der Waals surface area contributed by atoms with Crippen LogP contribution in [0.25, 0.3) is 11.1 Å². The standard InChI is InChI=1S/C25H30N2O5/c1-16(13-23(28)27-17(2)14-24(29)30)11-12-26-25(31)32-15-22-20-9-5-3-7-18(20)19-8-4-6-10-21(19)22/h3-10,16-17,22H,11-15H2,1-2H3,(H,26,31)(H,27,28)(H,29,30)/t16?,17-/m0/s1. The smallest absolute Gasteiger partial charge is 0.407 e. The van der Waals surface area contributed by atoms with Crippen LogP contribution in [-0.4, -0.2) is 42.3 Å². The highest BCUT2D eigenvalue weighted by Crippen LogP contribution is 2.44. The largest absolute Gasteiger partial charge is 0.481 e. The number of rotatable bonds is 10. The predicted octanol–water partition coefficient (Wildman–Crippen LogP) is 3.92. The lowest BCUT2D eigenvalue weighted by atomic mass is 9.98. The molecule has 7 heteroatoms. The Morgan fingerprint density at radius 3 is 2.16 bits per heavy atom. The number of hydrogen-bond donors (Lipinski definition) is 3. The van der Waals surface area contributed by atoms with E-state index < -0.39 is 18.1 Å². The molecule has 170 valence electrons. The van der Waals surface area contributed by atoms with E-state index in [0.717, 1.165) is 0 Å². The number of hydrogen-bond acceptors (Lipinski definition) is 4. The number of benzene rings is 2. The molecular weight excluding hydrogens is 408 g/mol. The maximum absolute atomic E-state index is 12.2. The highest BCUT2D eigenvalue weighted by Gasteiger charge is 2.29. The first-order valence-electron chi connectivity index (χ1n) is 10.9. The lowest BCUT2D eigenvalue weighted by Gasteiger charge is -2.16. The van der Waals surface area contributed by atoms with Gasteiger partial charge in [0.05, 0.1) is 6.42 Å². The molecule has 0 fully saturated rings. The zero-order valence-corrected chi connectivity index (χ0v) is 18.5. The summed E-state index contributed by atoms with van der Waals surface area (Å²) in [6.45, 7) is 4.24. The van der Waals surface area contributed by atoms with Gasteiger partial charge >= 0.3 is 12.1 Å². The molecule has 0 aliphatic heterocycles. The van der Waals surface area contributed by atoms with Crippen LogP contribution >= 0.6 is 0 Å². The van der Waals surface area contributed by atoms with E-state index in [1.54, 1.807) is 6.92 Å². The summed E-state index contributed by atoms with van der Waals surface area (Å²) in [6, 6.07) is 15.9. The van der Waals surface area contributed by atoms with Gasteiger partial charge in [0.15, 0.2) is 0 Å². The highest BCUT2D eigenvalue weighted by atomic mass is 16.5. The topological polar surface area (TPSA) is 105 Å². The van der Waals surface area contributed by atoms with Gasteiger partial charge in [0, 0.05) is 24.9 Å². The summed E-state index contributed by atoms with van der Waals surface area (Å²) >= 11 is 0. The Labute approximate surface area is 188 Å². The van der Waals surface area contributed by atoms with Gasteiger partial charge in [-0.2, -0.15) is 0 Å². The van der Waals surface area contributed by atoms with Crippen molar-refractivity contribution in [3.8, 4) is 11.1 Å². The Morgan fingerprint density at radius 1 is 0.969 bits per heavy atom. The van der Waals surface area contributed by atoms with Gasteiger partial charge < -0.3 is 20.5 Å². The number of carboxylic acids is 1. The van der Waals surface area contributed by atoms with Crippen molar-refractivity contribution in [2.24, 2.45) is 5.92 Å². The molecule has 0 bridgehead atoms. The second kappa shape index (κ2) is 10.8. The van der Waals surface area contributed by atoms with Gasteiger partial charge in [-0.3, -0.25) is 9.59 Å². The van der Waals surface area contributed by atoms with Crippen LogP contribution in [-0.2, 0) is 14.3 Å². The minimum Gasteiger partial charge on any atom is -0.481 e. The van der Waals surface area contributed by atoms with Crippen LogP contribution in [0, 0.1) is 5.92 Å². The molecular formula is C25H30N2O5. The molecule has 1 unspecified atom stereocenters. The molecule has 2 aromatic rings. The number of ether oxygens (including phenoxy) is 1. The number of amides is 2. The lowest BCUT2D eigenvalue weighted by Crippen LogP contribution is -2.35. The van der Waals surface area contributed by atoms with Gasteiger partial charge in [-0.25, -0.2) is 4.79 Å². The predicted molar refractivity (Wildman–Crippen MR) is 121 cm³/mol. The second-order valence-electron chi connectivity index (χ2n) is 8.42. The van der Waals surface area contributed by atoms with Crippen molar-refractivity contribution >= 4 is 18.0 Å². The maximum atomic E-state index is 12.2. The molecule has 2 atom stereocenters. The highest BCUT2D eigenvalue weighted by molar-refractivity contribution is 5.79. The first-order chi connectivity index (χ1) is 15.3. The van der Waals surface area contributed by atoms with Crippen LogP contribution in [0.3, 0.4) is 0 Å². The SMILES string of the molecule is CC(CCNC(=O)OCC1c2ccccc2-c2ccccc21)CC(=O)N[C@@H](C)CC(=O)O. The van der Waals surface area contributed by atoms with E-state index in [-0.39, 0.29) is 37.2 Å². The fraction of sp³-hybridized carbons (Fsp3) is 0.400. The van der Waals surface area contributed by atoms with Crippen LogP contribution in [0.5, 0.6) is 0 Å². The molecule has 0 spiro atoms. The fourth-order valence-electron chi connectivity index (χ4n) is 4.14. The average Bonchev–Trinajstić information content (AvgIpc) is 3.05. The fourth-order valence-corrected chi connectivity index (χ4v) is 4.14. The van der Waals surface area contributed by atoms with Crippen molar-refractivity contribution in [3.63, 3.8) is 0 Å². The van der Waals surface area contributed by atoms with Gasteiger partial charge in [0.1, 0.15) is 6.61 Å². The molecule has 32 heavy (non-hydrogen) atoms. The number of fused-ring (bicyclic) bond motifs is 3. The molecule has 0 saturated carbocycles. The Morgan fingerprint density at radius 2 is 1.56 bits per heavy atom. The molecule has 3 rings (SSSR count). The molecule has 3 N–H and O–H groups in total. The van der Waals surface area contributed by atoms with E-state index >= 15 is 0 Å². The monoisotopic (exact) mass is 438 g/mol. The summed E-state index contributed by atoms with van der Waals surface area (Å²) in [6.07, 6.45) is 0.309. The number of nitrogens with one attached hydrogen (secondary N) is 2. The van der Waals surface area contributed by atoms with Crippen LogP contribution in [0.4, 0.5) is 4.79 Å². The summed E-state index contributed by atoms with van der Waals surface area (Å²) in [5, 5.41) is 14.2. The van der Waals surface area contributed by atoms with Crippen molar-refractivity contribution < 1.29 is 24.2 Å². The third kappa shape index (κ3) is 6.09. The lowest BCUT2D eigenvalue weighted by molar-refractivity contribution is -0.137. The molecule has 0 heterocycles. The molecule has 2 amide bonds.